The van der Waals surface area contributed by atoms with Gasteiger partial charge in [0, 0.05) is 5.56 Å². The van der Waals surface area contributed by atoms with Crippen molar-refractivity contribution in [1.82, 2.24) is 26.6 Å². The van der Waals surface area contributed by atoms with E-state index < -0.39 is 78.7 Å². The van der Waals surface area contributed by atoms with Crippen molar-refractivity contribution in [1.29, 1.82) is 0 Å². The van der Waals surface area contributed by atoms with Gasteiger partial charge in [0.15, 0.2) is 6.17 Å². The van der Waals surface area contributed by atoms with Gasteiger partial charge in [0.1, 0.15) is 24.2 Å². The van der Waals surface area contributed by atoms with Crippen LogP contribution < -0.4 is 49.5 Å². The zero-order chi connectivity index (χ0) is 46.1. The normalized spacial score (nSPS) is 23.7. The Morgan fingerprint density at radius 2 is 1.37 bits per heavy atom. The largest absolute Gasteiger partial charge is 0.497 e. The van der Waals surface area contributed by atoms with Crippen molar-refractivity contribution in [2.75, 3.05) is 13.1 Å². The van der Waals surface area contributed by atoms with Gasteiger partial charge in [0.2, 0.25) is 17.7 Å². The Hall–Kier alpha value is -4.43. The minimum atomic E-state index is -1.69. The van der Waals surface area contributed by atoms with Crippen molar-refractivity contribution in [2.45, 2.75) is 147 Å². The summed E-state index contributed by atoms with van der Waals surface area (Å²) >= 11 is 0. The molecule has 4 fully saturated rings. The Bertz CT molecular complexity index is 1890. The quantitative estimate of drug-likeness (QED) is 0.0427. The minimum Gasteiger partial charge on any atom is -0.403 e. The van der Waals surface area contributed by atoms with Crippen LogP contribution in [-0.2, 0) is 34.9 Å². The summed E-state index contributed by atoms with van der Waals surface area (Å²) in [5.74, 6) is -2.95. The van der Waals surface area contributed by atoms with Gasteiger partial charge in [0.05, 0.1) is 17.8 Å². The first-order valence-corrected chi connectivity index (χ1v) is 22.6. The average Bonchev–Trinajstić information content (AvgIpc) is 3.63. The summed E-state index contributed by atoms with van der Waals surface area (Å²) in [6.07, 6.45) is 3.62. The fraction of sp³-hybridized carbons (Fsp3) is 0.622. The van der Waals surface area contributed by atoms with Crippen LogP contribution in [-0.4, -0.2) is 103 Å². The van der Waals surface area contributed by atoms with Gasteiger partial charge in [0.25, 0.3) is 11.8 Å². The van der Waals surface area contributed by atoms with E-state index in [4.69, 9.17) is 32.2 Å². The lowest BCUT2D eigenvalue weighted by atomic mass is 9.43. The summed E-state index contributed by atoms with van der Waals surface area (Å²) in [7, 11) is -0.896. The molecule has 10 atom stereocenters. The maximum atomic E-state index is 13.6. The van der Waals surface area contributed by atoms with Crippen LogP contribution in [0.2, 0.25) is 0 Å². The van der Waals surface area contributed by atoms with Gasteiger partial charge < -0.3 is 63.9 Å². The standard InChI is InChI=1S/C45H70BN9O8/c1-6-7-11-27-14-16-28(17-15-27)29-18-20-30(21-19-29)38(57)51-33(13-10-23-48)39(58)53-36(26(2)56)41(60)54-37(49)42(61)52-32(12-8-9-22-47)40(59)55-43(50)46-62-35-25-31-24-34(44(31,3)4)45(35,5)63-46/h14-21,26,31-37,43,56H,6-13,22-25,47-50H2,1-5H3,(H,51,57)(H,52,61)(H,53,58)(H,54,60)(H,55,59)/t26?,31-,32-,33-,34-,35?,36-,37+,43+,45-/m0/s1. The van der Waals surface area contributed by atoms with E-state index >= 15 is 0 Å². The summed E-state index contributed by atoms with van der Waals surface area (Å²) in [5, 5.41) is 23.4. The van der Waals surface area contributed by atoms with Gasteiger partial charge >= 0.3 is 7.12 Å². The molecule has 1 heterocycles. The van der Waals surface area contributed by atoms with Crippen LogP contribution >= 0.6 is 0 Å². The Morgan fingerprint density at radius 3 is 1.97 bits per heavy atom. The number of rotatable bonds is 23. The molecule has 14 N–H and O–H groups in total. The predicted molar refractivity (Wildman–Crippen MR) is 241 cm³/mol. The first-order chi connectivity index (χ1) is 29.9. The highest BCUT2D eigenvalue weighted by Crippen LogP contribution is 2.65. The molecule has 17 nitrogen and oxygen atoms in total. The number of aliphatic hydroxyl groups excluding tert-OH is 1. The number of hydrogen-bond acceptors (Lipinski definition) is 12. The number of nitrogens with two attached hydrogens (primary N) is 4. The second kappa shape index (κ2) is 22.0. The molecule has 1 aliphatic heterocycles. The molecule has 2 bridgehead atoms. The van der Waals surface area contributed by atoms with Crippen LogP contribution in [0.25, 0.3) is 11.1 Å². The van der Waals surface area contributed by atoms with Crippen molar-refractivity contribution in [3.63, 3.8) is 0 Å². The number of aryl methyl sites for hydroxylation is 1. The molecule has 63 heavy (non-hydrogen) atoms. The Kier molecular flexibility index (Phi) is 17.3. The number of benzene rings is 2. The number of carbonyl (C=O) groups excluding carboxylic acids is 5. The number of unbranched alkanes of at least 4 members (excludes halogenated alkanes) is 2. The molecule has 2 aromatic carbocycles. The molecule has 5 amide bonds. The number of hydrogen-bond donors (Lipinski definition) is 10. The molecule has 346 valence electrons. The molecule has 0 spiro atoms. The van der Waals surface area contributed by atoms with Gasteiger partial charge in [-0.15, -0.1) is 0 Å². The van der Waals surface area contributed by atoms with Crippen LogP contribution in [0, 0.1) is 17.3 Å². The summed E-state index contributed by atoms with van der Waals surface area (Å²) in [4.78, 5) is 67.4. The lowest BCUT2D eigenvalue weighted by molar-refractivity contribution is -0.199. The maximum Gasteiger partial charge on any atom is 0.497 e. The molecule has 0 radical (unpaired) electrons. The molecule has 4 aliphatic rings. The van der Waals surface area contributed by atoms with Gasteiger partial charge in [-0.1, -0.05) is 63.6 Å². The topological polar surface area (TPSA) is 288 Å². The third kappa shape index (κ3) is 12.0. The number of nitrogens with one attached hydrogen (secondary N) is 5. The third-order valence-electron chi connectivity index (χ3n) is 13.4. The summed E-state index contributed by atoms with van der Waals surface area (Å²) in [6.45, 7) is 10.6. The van der Waals surface area contributed by atoms with E-state index in [9.17, 15) is 29.1 Å². The van der Waals surface area contributed by atoms with Crippen LogP contribution in [0.4, 0.5) is 0 Å². The van der Waals surface area contributed by atoms with Crippen LogP contribution in [0.15, 0.2) is 48.5 Å². The Labute approximate surface area is 371 Å². The van der Waals surface area contributed by atoms with Gasteiger partial charge in [-0.25, -0.2) is 0 Å². The maximum absolute atomic E-state index is 13.6. The monoisotopic (exact) mass is 876 g/mol. The zero-order valence-corrected chi connectivity index (χ0v) is 37.5. The number of carbonyl (C=O) groups is 5. The molecular weight excluding hydrogens is 805 g/mol. The third-order valence-corrected chi connectivity index (χ3v) is 13.4. The zero-order valence-electron chi connectivity index (χ0n) is 37.5. The van der Waals surface area contributed by atoms with E-state index in [0.29, 0.717) is 43.2 Å². The van der Waals surface area contributed by atoms with Crippen molar-refractivity contribution in [3.8, 4) is 11.1 Å². The van der Waals surface area contributed by atoms with Gasteiger partial charge in [-0.3, -0.25) is 24.0 Å². The van der Waals surface area contributed by atoms with E-state index in [1.165, 1.54) is 12.5 Å². The molecular formula is C45H70BN9O8. The van der Waals surface area contributed by atoms with Crippen molar-refractivity contribution >= 4 is 36.7 Å². The van der Waals surface area contributed by atoms with E-state index in [2.05, 4.69) is 59.5 Å². The number of aliphatic hydroxyl groups is 1. The first kappa shape index (κ1) is 49.6. The Balaban J connectivity index is 1.16. The SMILES string of the molecule is CCCCc1ccc(-c2ccc(C(=O)N[C@@H](CCCN)C(=O)N[C@H](C(=O)N[C@@H](N)C(=O)N[C@@H](CCCCN)C(=O)N[C@@H](N)B3OC4C[C@@H]5C[C@@H](C5(C)C)[C@]4(C)O3)C(C)O)cc2)cc1. The van der Waals surface area contributed by atoms with E-state index in [0.717, 1.165) is 43.2 Å². The van der Waals surface area contributed by atoms with E-state index in [-0.39, 0.29) is 30.9 Å². The molecule has 2 aromatic rings. The lowest BCUT2D eigenvalue weighted by Gasteiger charge is -2.64. The van der Waals surface area contributed by atoms with E-state index in [1.807, 2.05) is 31.2 Å². The highest BCUT2D eigenvalue weighted by atomic mass is 16.7. The summed E-state index contributed by atoms with van der Waals surface area (Å²) in [5.41, 5.74) is 27.1. The van der Waals surface area contributed by atoms with E-state index in [1.54, 1.807) is 12.1 Å². The van der Waals surface area contributed by atoms with Crippen LogP contribution in [0.3, 0.4) is 0 Å². The highest BCUT2D eigenvalue weighted by molar-refractivity contribution is 6.47. The minimum absolute atomic E-state index is 0.116. The van der Waals surface area contributed by atoms with Crippen molar-refractivity contribution < 1.29 is 38.4 Å². The number of amides is 5. The molecule has 3 saturated carbocycles. The molecule has 1 saturated heterocycles. The Morgan fingerprint density at radius 1 is 0.762 bits per heavy atom. The smallest absolute Gasteiger partial charge is 0.403 e. The molecule has 2 unspecified atom stereocenters. The molecule has 0 aromatic heterocycles. The highest BCUT2D eigenvalue weighted by Gasteiger charge is 2.68. The summed E-state index contributed by atoms with van der Waals surface area (Å²) < 4.78 is 12.6. The van der Waals surface area contributed by atoms with Crippen LogP contribution in [0.5, 0.6) is 0 Å². The fourth-order valence-corrected chi connectivity index (χ4v) is 9.27. The second-order valence-corrected chi connectivity index (χ2v) is 18.3. The molecule has 6 rings (SSSR count). The first-order valence-electron chi connectivity index (χ1n) is 22.6. The van der Waals surface area contributed by atoms with Gasteiger partial charge in [-0.2, -0.15) is 0 Å². The molecule has 18 heteroatoms. The lowest BCUT2D eigenvalue weighted by Crippen LogP contribution is -2.65. The fourth-order valence-electron chi connectivity index (χ4n) is 9.27. The van der Waals surface area contributed by atoms with Crippen LogP contribution in [0.1, 0.15) is 108 Å². The predicted octanol–water partition coefficient (Wildman–Crippen LogP) is 1.08. The van der Waals surface area contributed by atoms with Crippen molar-refractivity contribution in [3.05, 3.63) is 59.7 Å². The van der Waals surface area contributed by atoms with Crippen molar-refractivity contribution in [2.24, 2.45) is 40.2 Å². The second-order valence-electron chi connectivity index (χ2n) is 18.3. The molecule has 3 aliphatic carbocycles. The van der Waals surface area contributed by atoms with Gasteiger partial charge in [-0.05, 0) is 131 Å². The average molecular weight is 876 g/mol. The summed E-state index contributed by atoms with van der Waals surface area (Å²) in [6, 6.07) is 10.4.